The van der Waals surface area contributed by atoms with E-state index in [0.29, 0.717) is 29.4 Å². The Morgan fingerprint density at radius 2 is 1.71 bits per heavy atom. The normalized spacial score (nSPS) is 15.9. The van der Waals surface area contributed by atoms with Crippen LogP contribution in [0.25, 0.3) is 11.1 Å². The van der Waals surface area contributed by atoms with E-state index < -0.39 is 5.41 Å². The van der Waals surface area contributed by atoms with Crippen molar-refractivity contribution >= 4 is 11.9 Å². The molecule has 0 bridgehead atoms. The number of esters is 1. The molecule has 1 amide bonds. The molecule has 0 radical (unpaired) electrons. The van der Waals surface area contributed by atoms with Gasteiger partial charge in [-0.2, -0.15) is 0 Å². The smallest absolute Gasteiger partial charge is 0.315 e. The van der Waals surface area contributed by atoms with Crippen LogP contribution in [0.15, 0.2) is 30.3 Å². The van der Waals surface area contributed by atoms with E-state index in [2.05, 4.69) is 5.32 Å². The number of ether oxygens (including phenoxy) is 4. The predicted octanol–water partition coefficient (Wildman–Crippen LogP) is 4.90. The van der Waals surface area contributed by atoms with Crippen LogP contribution >= 0.6 is 0 Å². The number of benzene rings is 2. The van der Waals surface area contributed by atoms with Crippen LogP contribution < -0.4 is 19.5 Å². The molecule has 1 N–H and O–H groups in total. The number of methoxy groups -OCH3 is 2. The number of hydrogen-bond acceptors (Lipinski definition) is 6. The molecule has 0 saturated heterocycles. The van der Waals surface area contributed by atoms with Crippen molar-refractivity contribution in [2.75, 3.05) is 20.8 Å². The number of rotatable bonds is 8. The molecule has 182 valence electrons. The van der Waals surface area contributed by atoms with Crippen LogP contribution in [0.5, 0.6) is 17.2 Å². The fraction of sp³-hybridized carbons (Fsp3) is 0.481. The third-order valence-electron chi connectivity index (χ3n) is 6.59. The Kier molecular flexibility index (Phi) is 7.00. The summed E-state index contributed by atoms with van der Waals surface area (Å²) < 4.78 is 23.3. The molecule has 0 unspecified atom stereocenters. The third kappa shape index (κ3) is 4.69. The van der Waals surface area contributed by atoms with Crippen molar-refractivity contribution in [3.05, 3.63) is 41.5 Å². The lowest BCUT2D eigenvalue weighted by Crippen LogP contribution is -2.36. The van der Waals surface area contributed by atoms with Gasteiger partial charge in [-0.25, -0.2) is 0 Å². The molecule has 1 fully saturated rings. The molecule has 1 saturated carbocycles. The molecular weight excluding hydrogens is 434 g/mol. The highest BCUT2D eigenvalue weighted by atomic mass is 16.6. The number of fused-ring (bicyclic) bond motifs is 1. The Labute approximate surface area is 200 Å². The number of amides is 1. The summed E-state index contributed by atoms with van der Waals surface area (Å²) in [7, 11) is 3.12. The van der Waals surface area contributed by atoms with E-state index in [1.165, 1.54) is 6.42 Å². The summed E-state index contributed by atoms with van der Waals surface area (Å²) in [6.45, 7) is 4.19. The van der Waals surface area contributed by atoms with Gasteiger partial charge < -0.3 is 24.3 Å². The zero-order chi connectivity index (χ0) is 24.3. The summed E-state index contributed by atoms with van der Waals surface area (Å²) in [5.41, 5.74) is 2.32. The Hall–Kier alpha value is -3.22. The maximum Gasteiger partial charge on any atom is 0.315 e. The number of carbonyl (C=O) groups is 2. The zero-order valence-electron chi connectivity index (χ0n) is 20.4. The Morgan fingerprint density at radius 1 is 0.971 bits per heavy atom. The Morgan fingerprint density at radius 3 is 2.41 bits per heavy atom. The second-order valence-electron chi connectivity index (χ2n) is 9.53. The van der Waals surface area contributed by atoms with Crippen molar-refractivity contribution in [1.29, 1.82) is 0 Å². The molecule has 0 atom stereocenters. The molecule has 7 nitrogen and oxygen atoms in total. The summed E-state index contributed by atoms with van der Waals surface area (Å²) in [6.07, 6.45) is 5.21. The average Bonchev–Trinajstić information content (AvgIpc) is 3.23. The lowest BCUT2D eigenvalue weighted by Gasteiger charge is -2.29. The lowest BCUT2D eigenvalue weighted by molar-refractivity contribution is -0.162. The highest BCUT2D eigenvalue weighted by Crippen LogP contribution is 2.46. The van der Waals surface area contributed by atoms with Crippen LogP contribution in [0.3, 0.4) is 0 Å². The first-order valence-corrected chi connectivity index (χ1v) is 11.8. The van der Waals surface area contributed by atoms with Gasteiger partial charge in [0.15, 0.2) is 11.5 Å². The van der Waals surface area contributed by atoms with Crippen molar-refractivity contribution in [2.45, 2.75) is 58.6 Å². The Bertz CT molecular complexity index is 1070. The molecule has 2 aliphatic rings. The summed E-state index contributed by atoms with van der Waals surface area (Å²) in [6, 6.07) is 9.32. The van der Waals surface area contributed by atoms with Gasteiger partial charge in [0.25, 0.3) is 5.91 Å². The average molecular weight is 468 g/mol. The second-order valence-corrected chi connectivity index (χ2v) is 9.53. The van der Waals surface area contributed by atoms with Crippen molar-refractivity contribution < 1.29 is 28.5 Å². The minimum Gasteiger partial charge on any atom is -0.493 e. The third-order valence-corrected chi connectivity index (χ3v) is 6.59. The van der Waals surface area contributed by atoms with E-state index in [-0.39, 0.29) is 24.6 Å². The maximum absolute atomic E-state index is 13.0. The molecule has 0 aromatic heterocycles. The molecule has 1 aliphatic heterocycles. The van der Waals surface area contributed by atoms with Crippen molar-refractivity contribution in [1.82, 2.24) is 5.32 Å². The minimum absolute atomic E-state index is 0.0145. The van der Waals surface area contributed by atoms with Gasteiger partial charge in [-0.3, -0.25) is 9.59 Å². The molecule has 2 aromatic rings. The van der Waals surface area contributed by atoms with Gasteiger partial charge in [0.1, 0.15) is 12.7 Å². The van der Waals surface area contributed by atoms with E-state index in [1.807, 2.05) is 44.2 Å². The topological polar surface area (TPSA) is 83.1 Å². The standard InChI is InChI=1S/C27H33NO6/c1-27(2,26(30)34-17-9-6-5-7-10-17)16-33-23-19(13-14-22(31-3)24(23)32-4)18-11-8-12-20-21(18)15-28-25(20)29/h8,11-14,17H,5-7,9-10,15-16H2,1-4H3,(H,28,29). The first-order chi connectivity index (χ1) is 16.4. The molecule has 1 heterocycles. The van der Waals surface area contributed by atoms with Crippen molar-refractivity contribution in [2.24, 2.45) is 5.41 Å². The molecule has 1 aliphatic carbocycles. The van der Waals surface area contributed by atoms with Gasteiger partial charge in [-0.15, -0.1) is 0 Å². The van der Waals surface area contributed by atoms with E-state index in [0.717, 1.165) is 42.4 Å². The molecule has 2 aromatic carbocycles. The molecular formula is C27H33NO6. The van der Waals surface area contributed by atoms with Crippen LogP contribution in [-0.2, 0) is 16.1 Å². The highest BCUT2D eigenvalue weighted by molar-refractivity contribution is 6.01. The van der Waals surface area contributed by atoms with Crippen LogP contribution in [0.2, 0.25) is 0 Å². The number of nitrogens with one attached hydrogen (secondary N) is 1. The summed E-state index contributed by atoms with van der Waals surface area (Å²) in [5, 5.41) is 2.88. The summed E-state index contributed by atoms with van der Waals surface area (Å²) in [5.74, 6) is 1.06. The fourth-order valence-electron chi connectivity index (χ4n) is 4.57. The minimum atomic E-state index is -0.862. The lowest BCUT2D eigenvalue weighted by atomic mass is 9.93. The molecule has 7 heteroatoms. The second kappa shape index (κ2) is 9.95. The highest BCUT2D eigenvalue weighted by Gasteiger charge is 2.34. The summed E-state index contributed by atoms with van der Waals surface area (Å²) >= 11 is 0. The van der Waals surface area contributed by atoms with E-state index in [9.17, 15) is 9.59 Å². The SMILES string of the molecule is COc1ccc(-c2cccc3c2CNC3=O)c(OCC(C)(C)C(=O)OC2CCCCC2)c1OC. The molecule has 34 heavy (non-hydrogen) atoms. The van der Waals surface area contributed by atoms with Gasteiger partial charge in [-0.05, 0) is 68.9 Å². The quantitative estimate of drug-likeness (QED) is 0.557. The predicted molar refractivity (Wildman–Crippen MR) is 128 cm³/mol. The van der Waals surface area contributed by atoms with Crippen molar-refractivity contribution in [3.63, 3.8) is 0 Å². The molecule has 4 rings (SSSR count). The monoisotopic (exact) mass is 467 g/mol. The van der Waals surface area contributed by atoms with Gasteiger partial charge in [0, 0.05) is 17.7 Å². The number of hydrogen-bond donors (Lipinski definition) is 1. The summed E-state index contributed by atoms with van der Waals surface area (Å²) in [4.78, 5) is 25.2. The molecule has 0 spiro atoms. The van der Waals surface area contributed by atoms with Gasteiger partial charge in [-0.1, -0.05) is 18.6 Å². The van der Waals surface area contributed by atoms with Crippen LogP contribution in [-0.4, -0.2) is 38.8 Å². The fourth-order valence-corrected chi connectivity index (χ4v) is 4.57. The van der Waals surface area contributed by atoms with Crippen LogP contribution in [0.4, 0.5) is 0 Å². The first kappa shape index (κ1) is 23.9. The van der Waals surface area contributed by atoms with E-state index >= 15 is 0 Å². The Balaban J connectivity index is 1.64. The van der Waals surface area contributed by atoms with E-state index in [4.69, 9.17) is 18.9 Å². The van der Waals surface area contributed by atoms with E-state index in [1.54, 1.807) is 14.2 Å². The van der Waals surface area contributed by atoms with Crippen LogP contribution in [0, 0.1) is 5.41 Å². The van der Waals surface area contributed by atoms with Gasteiger partial charge in [0.2, 0.25) is 5.75 Å². The van der Waals surface area contributed by atoms with Gasteiger partial charge in [0.05, 0.1) is 19.6 Å². The van der Waals surface area contributed by atoms with Gasteiger partial charge >= 0.3 is 5.97 Å². The number of carbonyl (C=O) groups excluding carboxylic acids is 2. The first-order valence-electron chi connectivity index (χ1n) is 11.8. The van der Waals surface area contributed by atoms with Crippen LogP contribution in [0.1, 0.15) is 61.9 Å². The zero-order valence-corrected chi connectivity index (χ0v) is 20.4. The maximum atomic E-state index is 13.0. The van der Waals surface area contributed by atoms with Crippen molar-refractivity contribution in [3.8, 4) is 28.4 Å². The largest absolute Gasteiger partial charge is 0.493 e.